The Kier molecular flexibility index (Phi) is 4.87. The molecule has 1 N–H and O–H groups in total. The second kappa shape index (κ2) is 6.67. The van der Waals surface area contributed by atoms with Crippen LogP contribution in [0.25, 0.3) is 0 Å². The molecule has 0 saturated heterocycles. The average Bonchev–Trinajstić information content (AvgIpc) is 2.86. The molecule has 1 amide bonds. The minimum Gasteiger partial charge on any atom is -0.468 e. The van der Waals surface area contributed by atoms with E-state index in [1.807, 2.05) is 6.92 Å². The number of carbonyl (C=O) groups is 1. The highest BCUT2D eigenvalue weighted by Crippen LogP contribution is 2.18. The summed E-state index contributed by atoms with van der Waals surface area (Å²) in [5.74, 6) is -0.539. The predicted molar refractivity (Wildman–Crippen MR) is 76.4 cm³/mol. The zero-order chi connectivity index (χ0) is 17.0. The van der Waals surface area contributed by atoms with Crippen molar-refractivity contribution in [2.24, 2.45) is 0 Å². The Hall–Kier alpha value is -2.58. The molecule has 23 heavy (non-hydrogen) atoms. The fourth-order valence-corrected chi connectivity index (χ4v) is 1.88. The van der Waals surface area contributed by atoms with Gasteiger partial charge in [0, 0.05) is 18.3 Å². The van der Waals surface area contributed by atoms with Crippen LogP contribution in [0.2, 0.25) is 0 Å². The van der Waals surface area contributed by atoms with Crippen molar-refractivity contribution in [2.45, 2.75) is 26.6 Å². The third-order valence-corrected chi connectivity index (χ3v) is 3.03. The Bertz CT molecular complexity index is 680. The number of hydrogen-bond acceptors (Lipinski definition) is 4. The Morgan fingerprint density at radius 2 is 2.09 bits per heavy atom. The van der Waals surface area contributed by atoms with E-state index in [1.54, 1.807) is 11.6 Å². The zero-order valence-corrected chi connectivity index (χ0v) is 12.5. The molecule has 0 radical (unpaired) electrons. The molecule has 9 heteroatoms. The van der Waals surface area contributed by atoms with Gasteiger partial charge in [0.1, 0.15) is 0 Å². The molecule has 0 unspecified atom stereocenters. The van der Waals surface area contributed by atoms with Crippen molar-refractivity contribution in [1.29, 1.82) is 0 Å². The standard InChI is InChI=1S/C14H15F3N4O2/c1-3-21-9(2)11(7-19-21)13(22)20-10-4-5-12(18-6-10)23-8-14(15,16)17/h4-7H,3,8H2,1-2H3,(H,20,22). The van der Waals surface area contributed by atoms with Crippen molar-refractivity contribution in [1.82, 2.24) is 14.8 Å². The minimum atomic E-state index is -4.43. The van der Waals surface area contributed by atoms with Gasteiger partial charge in [0.2, 0.25) is 5.88 Å². The number of anilines is 1. The number of nitrogens with zero attached hydrogens (tertiary/aromatic N) is 3. The summed E-state index contributed by atoms with van der Waals surface area (Å²) in [5, 5.41) is 6.68. The quantitative estimate of drug-likeness (QED) is 0.916. The van der Waals surface area contributed by atoms with Gasteiger partial charge in [-0.05, 0) is 19.9 Å². The minimum absolute atomic E-state index is 0.171. The SMILES string of the molecule is CCn1ncc(C(=O)Nc2ccc(OCC(F)(F)F)nc2)c1C. The molecule has 124 valence electrons. The number of ether oxygens (including phenoxy) is 1. The Balaban J connectivity index is 2.00. The molecule has 2 aromatic rings. The fourth-order valence-electron chi connectivity index (χ4n) is 1.88. The van der Waals surface area contributed by atoms with E-state index in [-0.39, 0.29) is 11.8 Å². The molecule has 2 aromatic heterocycles. The van der Waals surface area contributed by atoms with E-state index in [4.69, 9.17) is 0 Å². The molecule has 6 nitrogen and oxygen atoms in total. The highest BCUT2D eigenvalue weighted by molar-refractivity contribution is 6.04. The summed E-state index contributed by atoms with van der Waals surface area (Å²) in [6.07, 6.45) is -1.74. The molecule has 0 bridgehead atoms. The number of amides is 1. The number of pyridine rings is 1. The zero-order valence-electron chi connectivity index (χ0n) is 12.5. The van der Waals surface area contributed by atoms with Crippen molar-refractivity contribution < 1.29 is 22.7 Å². The summed E-state index contributed by atoms with van der Waals surface area (Å²) in [5.41, 5.74) is 1.49. The van der Waals surface area contributed by atoms with E-state index in [0.29, 0.717) is 17.8 Å². The lowest BCUT2D eigenvalue weighted by Crippen LogP contribution is -2.19. The molecule has 0 fully saturated rings. The van der Waals surface area contributed by atoms with E-state index >= 15 is 0 Å². The monoisotopic (exact) mass is 328 g/mol. The summed E-state index contributed by atoms with van der Waals surface area (Å²) in [4.78, 5) is 15.8. The van der Waals surface area contributed by atoms with Gasteiger partial charge in [-0.3, -0.25) is 9.48 Å². The molecule has 0 atom stereocenters. The maximum Gasteiger partial charge on any atom is 0.422 e. The van der Waals surface area contributed by atoms with Gasteiger partial charge in [0.25, 0.3) is 5.91 Å². The lowest BCUT2D eigenvalue weighted by Gasteiger charge is -2.09. The van der Waals surface area contributed by atoms with Gasteiger partial charge >= 0.3 is 6.18 Å². The van der Waals surface area contributed by atoms with Crippen LogP contribution in [0.1, 0.15) is 23.0 Å². The van der Waals surface area contributed by atoms with Gasteiger partial charge in [-0.1, -0.05) is 0 Å². The van der Waals surface area contributed by atoms with Gasteiger partial charge in [-0.15, -0.1) is 0 Å². The molecule has 0 aromatic carbocycles. The lowest BCUT2D eigenvalue weighted by atomic mass is 10.2. The van der Waals surface area contributed by atoms with Gasteiger partial charge in [-0.2, -0.15) is 18.3 Å². The Morgan fingerprint density at radius 1 is 1.35 bits per heavy atom. The van der Waals surface area contributed by atoms with Crippen LogP contribution >= 0.6 is 0 Å². The summed E-state index contributed by atoms with van der Waals surface area (Å²) >= 11 is 0. The summed E-state index contributed by atoms with van der Waals surface area (Å²) in [6, 6.07) is 2.67. The molecule has 2 heterocycles. The van der Waals surface area contributed by atoms with E-state index in [1.165, 1.54) is 24.5 Å². The number of hydrogen-bond donors (Lipinski definition) is 1. The number of carbonyl (C=O) groups excluding carboxylic acids is 1. The van der Waals surface area contributed by atoms with Crippen LogP contribution in [0.4, 0.5) is 18.9 Å². The van der Waals surface area contributed by atoms with Gasteiger partial charge < -0.3 is 10.1 Å². The summed E-state index contributed by atoms with van der Waals surface area (Å²) < 4.78 is 42.3. The first-order valence-corrected chi connectivity index (χ1v) is 6.79. The molecular weight excluding hydrogens is 313 g/mol. The van der Waals surface area contributed by atoms with Crippen LogP contribution in [0.3, 0.4) is 0 Å². The van der Waals surface area contributed by atoms with Crippen LogP contribution in [-0.4, -0.2) is 33.5 Å². The third kappa shape index (κ3) is 4.44. The van der Waals surface area contributed by atoms with Crippen molar-refractivity contribution >= 4 is 11.6 Å². The largest absolute Gasteiger partial charge is 0.468 e. The van der Waals surface area contributed by atoms with Gasteiger partial charge in [0.15, 0.2) is 6.61 Å². The Labute approximate surface area is 130 Å². The molecule has 0 spiro atoms. The summed E-state index contributed by atoms with van der Waals surface area (Å²) in [7, 11) is 0. The first-order chi connectivity index (χ1) is 10.8. The first kappa shape index (κ1) is 16.8. The lowest BCUT2D eigenvalue weighted by molar-refractivity contribution is -0.154. The van der Waals surface area contributed by atoms with Crippen molar-refractivity contribution in [3.8, 4) is 5.88 Å². The second-order valence-corrected chi connectivity index (χ2v) is 4.70. The average molecular weight is 328 g/mol. The molecule has 0 aliphatic heterocycles. The van der Waals surface area contributed by atoms with E-state index < -0.39 is 12.8 Å². The molecule has 0 aliphatic rings. The molecule has 0 saturated carbocycles. The maximum atomic E-state index is 12.1. The summed E-state index contributed by atoms with van der Waals surface area (Å²) in [6.45, 7) is 2.91. The Morgan fingerprint density at radius 3 is 2.61 bits per heavy atom. The van der Waals surface area contributed by atoms with Crippen molar-refractivity contribution in [2.75, 3.05) is 11.9 Å². The number of nitrogens with one attached hydrogen (secondary N) is 1. The van der Waals surface area contributed by atoms with Gasteiger partial charge in [-0.25, -0.2) is 4.98 Å². The highest BCUT2D eigenvalue weighted by atomic mass is 19.4. The smallest absolute Gasteiger partial charge is 0.422 e. The van der Waals surface area contributed by atoms with Crippen LogP contribution in [0, 0.1) is 6.92 Å². The fraction of sp³-hybridized carbons (Fsp3) is 0.357. The number of aryl methyl sites for hydroxylation is 1. The number of halogens is 3. The number of alkyl halides is 3. The van der Waals surface area contributed by atoms with Crippen LogP contribution in [0.5, 0.6) is 5.88 Å². The van der Waals surface area contributed by atoms with Crippen molar-refractivity contribution in [3.05, 3.63) is 35.8 Å². The second-order valence-electron chi connectivity index (χ2n) is 4.70. The predicted octanol–water partition coefficient (Wildman–Crippen LogP) is 2.80. The molecular formula is C14H15F3N4O2. The van der Waals surface area contributed by atoms with E-state index in [9.17, 15) is 18.0 Å². The third-order valence-electron chi connectivity index (χ3n) is 3.03. The highest BCUT2D eigenvalue weighted by Gasteiger charge is 2.28. The number of aromatic nitrogens is 3. The van der Waals surface area contributed by atoms with E-state index in [0.717, 1.165) is 5.69 Å². The first-order valence-electron chi connectivity index (χ1n) is 6.79. The molecule has 2 rings (SSSR count). The number of rotatable bonds is 5. The van der Waals surface area contributed by atoms with Gasteiger partial charge in [0.05, 0.1) is 23.6 Å². The van der Waals surface area contributed by atoms with Crippen LogP contribution in [0.15, 0.2) is 24.5 Å². The van der Waals surface area contributed by atoms with Crippen LogP contribution in [-0.2, 0) is 6.54 Å². The molecule has 0 aliphatic carbocycles. The van der Waals surface area contributed by atoms with Crippen molar-refractivity contribution in [3.63, 3.8) is 0 Å². The van der Waals surface area contributed by atoms with E-state index in [2.05, 4.69) is 20.1 Å². The normalized spacial score (nSPS) is 11.3. The van der Waals surface area contributed by atoms with Crippen LogP contribution < -0.4 is 10.1 Å². The maximum absolute atomic E-state index is 12.1. The topological polar surface area (TPSA) is 69.0 Å².